The van der Waals surface area contributed by atoms with Crippen molar-refractivity contribution < 1.29 is 0 Å². The first-order valence-electron chi connectivity index (χ1n) is 7.90. The quantitative estimate of drug-likeness (QED) is 0.395. The first kappa shape index (κ1) is 14.4. The van der Waals surface area contributed by atoms with Crippen molar-refractivity contribution in [2.75, 3.05) is 0 Å². The van der Waals surface area contributed by atoms with Crippen LogP contribution in [0.2, 0.25) is 0 Å². The Kier molecular flexibility index (Phi) is 3.24. The Labute approximate surface area is 140 Å². The van der Waals surface area contributed by atoms with E-state index in [-0.39, 0.29) is 5.41 Å². The third kappa shape index (κ3) is 2.53. The van der Waals surface area contributed by atoms with Gasteiger partial charge in [0.25, 0.3) is 0 Å². The second-order valence-electron chi connectivity index (χ2n) is 7.01. The summed E-state index contributed by atoms with van der Waals surface area (Å²) in [4.78, 5) is 5.96. The van der Waals surface area contributed by atoms with E-state index in [0.29, 0.717) is 0 Å². The molecule has 0 radical (unpaired) electrons. The van der Waals surface area contributed by atoms with Crippen LogP contribution in [-0.2, 0) is 5.41 Å². The summed E-state index contributed by atoms with van der Waals surface area (Å²) in [6.07, 6.45) is 0. The van der Waals surface area contributed by atoms with Crippen LogP contribution in [-0.4, -0.2) is 4.98 Å². The second kappa shape index (κ2) is 5.17. The summed E-state index contributed by atoms with van der Waals surface area (Å²) in [5, 5.41) is 5.93. The molecule has 4 aromatic rings. The van der Waals surface area contributed by atoms with Gasteiger partial charge in [-0.05, 0) is 57.5 Å². The summed E-state index contributed by atoms with van der Waals surface area (Å²) in [5.41, 5.74) is 3.72. The van der Waals surface area contributed by atoms with Crippen molar-refractivity contribution in [3.05, 3.63) is 65.5 Å². The second-order valence-corrected chi connectivity index (χ2v) is 7.90. The van der Waals surface area contributed by atoms with E-state index in [9.17, 15) is 0 Å². The van der Waals surface area contributed by atoms with Crippen LogP contribution < -0.4 is 0 Å². The summed E-state index contributed by atoms with van der Waals surface area (Å²) in [6.45, 7) is 6.82. The Morgan fingerprint density at radius 2 is 1.70 bits per heavy atom. The van der Waals surface area contributed by atoms with Gasteiger partial charge in [-0.2, -0.15) is 0 Å². The van der Waals surface area contributed by atoms with E-state index >= 15 is 0 Å². The molecule has 114 valence electrons. The molecule has 0 spiro atoms. The lowest BCUT2D eigenvalue weighted by Crippen LogP contribution is -2.12. The Morgan fingerprint density at radius 3 is 2.52 bits per heavy atom. The van der Waals surface area contributed by atoms with Gasteiger partial charge >= 0.3 is 0 Å². The lowest BCUT2D eigenvalue weighted by atomic mass is 9.82. The molecule has 0 saturated carbocycles. The van der Waals surface area contributed by atoms with E-state index in [0.717, 1.165) is 10.5 Å². The molecular weight excluding hydrogens is 298 g/mol. The average molecular weight is 317 g/mol. The first-order chi connectivity index (χ1) is 11.0. The molecule has 23 heavy (non-hydrogen) atoms. The third-order valence-corrected chi connectivity index (χ3v) is 5.10. The zero-order valence-corrected chi connectivity index (χ0v) is 14.4. The molecule has 0 aliphatic carbocycles. The monoisotopic (exact) mass is 317 g/mol. The third-order valence-electron chi connectivity index (χ3n) is 4.28. The predicted molar refractivity (Wildman–Crippen MR) is 101 cm³/mol. The number of pyridine rings is 1. The molecule has 4 rings (SSSR count). The van der Waals surface area contributed by atoms with E-state index in [1.165, 1.54) is 27.3 Å². The molecule has 0 N–H and O–H groups in total. The molecule has 2 aromatic carbocycles. The van der Waals surface area contributed by atoms with E-state index in [1.807, 2.05) is 0 Å². The largest absolute Gasteiger partial charge is 0.237 e. The van der Waals surface area contributed by atoms with Crippen molar-refractivity contribution in [3.63, 3.8) is 0 Å². The summed E-state index contributed by atoms with van der Waals surface area (Å²) in [5.74, 6) is 0. The predicted octanol–water partition coefficient (Wildman–Crippen LogP) is 6.41. The van der Waals surface area contributed by atoms with Crippen LogP contribution in [0.25, 0.3) is 32.2 Å². The Balaban J connectivity index is 1.99. The standard InChI is InChI=1S/C21H19NS/c1-21(2,3)18-13-16(12-15-6-4-5-7-17(15)18)19-9-8-14-10-11-23-20(14)22-19/h4-13H,1-3H3. The molecule has 0 amide bonds. The number of nitrogens with zero attached hydrogens (tertiary/aromatic N) is 1. The number of aromatic nitrogens is 1. The Bertz CT molecular complexity index is 1010. The molecule has 1 nitrogen and oxygen atoms in total. The topological polar surface area (TPSA) is 12.9 Å². The fraction of sp³-hybridized carbons (Fsp3) is 0.190. The van der Waals surface area contributed by atoms with Crippen molar-refractivity contribution >= 4 is 32.3 Å². The highest BCUT2D eigenvalue weighted by molar-refractivity contribution is 7.16. The van der Waals surface area contributed by atoms with Crippen molar-refractivity contribution in [1.82, 2.24) is 4.98 Å². The molecule has 2 heteroatoms. The Hall–Kier alpha value is -2.19. The summed E-state index contributed by atoms with van der Waals surface area (Å²) >= 11 is 1.70. The van der Waals surface area contributed by atoms with Gasteiger partial charge in [0.1, 0.15) is 4.83 Å². The SMILES string of the molecule is CC(C)(C)c1cc(-c2ccc3ccsc3n2)cc2ccccc12. The molecule has 0 saturated heterocycles. The highest BCUT2D eigenvalue weighted by atomic mass is 32.1. The summed E-state index contributed by atoms with van der Waals surface area (Å²) in [6, 6.07) is 19.6. The van der Waals surface area contributed by atoms with Crippen LogP contribution in [0, 0.1) is 0 Å². The van der Waals surface area contributed by atoms with Gasteiger partial charge < -0.3 is 0 Å². The molecule has 0 fully saturated rings. The smallest absolute Gasteiger partial charge is 0.123 e. The van der Waals surface area contributed by atoms with Crippen LogP contribution in [0.1, 0.15) is 26.3 Å². The van der Waals surface area contributed by atoms with Gasteiger partial charge in [-0.1, -0.05) is 45.0 Å². The van der Waals surface area contributed by atoms with Gasteiger partial charge in [-0.25, -0.2) is 4.98 Å². The maximum absolute atomic E-state index is 4.85. The number of hydrogen-bond donors (Lipinski definition) is 0. The molecule has 0 bridgehead atoms. The van der Waals surface area contributed by atoms with Crippen molar-refractivity contribution in [2.45, 2.75) is 26.2 Å². The van der Waals surface area contributed by atoms with Crippen LogP contribution >= 0.6 is 11.3 Å². The van der Waals surface area contributed by atoms with Crippen LogP contribution in [0.3, 0.4) is 0 Å². The molecule has 2 heterocycles. The van der Waals surface area contributed by atoms with Crippen molar-refractivity contribution in [1.29, 1.82) is 0 Å². The van der Waals surface area contributed by atoms with Crippen LogP contribution in [0.4, 0.5) is 0 Å². The zero-order chi connectivity index (χ0) is 16.0. The fourth-order valence-electron chi connectivity index (χ4n) is 3.08. The van der Waals surface area contributed by atoms with Gasteiger partial charge in [0.2, 0.25) is 0 Å². The average Bonchev–Trinajstić information content (AvgIpc) is 3.00. The first-order valence-corrected chi connectivity index (χ1v) is 8.78. The Morgan fingerprint density at radius 1 is 0.870 bits per heavy atom. The van der Waals surface area contributed by atoms with E-state index in [2.05, 4.69) is 80.7 Å². The number of rotatable bonds is 1. The minimum absolute atomic E-state index is 0.0998. The minimum Gasteiger partial charge on any atom is -0.237 e. The molecular formula is C21H19NS. The van der Waals surface area contributed by atoms with Gasteiger partial charge in [0.15, 0.2) is 0 Å². The lowest BCUT2D eigenvalue weighted by Gasteiger charge is -2.22. The highest BCUT2D eigenvalue weighted by Crippen LogP contribution is 2.35. The molecule has 0 atom stereocenters. The van der Waals surface area contributed by atoms with Gasteiger partial charge in [-0.15, -0.1) is 11.3 Å². The van der Waals surface area contributed by atoms with Crippen molar-refractivity contribution in [3.8, 4) is 11.3 Å². The fourth-order valence-corrected chi connectivity index (χ4v) is 3.85. The maximum atomic E-state index is 4.85. The summed E-state index contributed by atoms with van der Waals surface area (Å²) in [7, 11) is 0. The molecule has 0 unspecified atom stereocenters. The molecule has 2 aromatic heterocycles. The normalized spacial score (nSPS) is 12.1. The maximum Gasteiger partial charge on any atom is 0.123 e. The van der Waals surface area contributed by atoms with E-state index in [4.69, 9.17) is 4.98 Å². The van der Waals surface area contributed by atoms with Crippen LogP contribution in [0.15, 0.2) is 60.0 Å². The molecule has 0 aliphatic heterocycles. The van der Waals surface area contributed by atoms with Gasteiger partial charge in [0.05, 0.1) is 5.69 Å². The van der Waals surface area contributed by atoms with Crippen molar-refractivity contribution in [2.24, 2.45) is 0 Å². The summed E-state index contributed by atoms with van der Waals surface area (Å²) < 4.78 is 0. The van der Waals surface area contributed by atoms with E-state index in [1.54, 1.807) is 11.3 Å². The van der Waals surface area contributed by atoms with Gasteiger partial charge in [0, 0.05) is 10.9 Å². The minimum atomic E-state index is 0.0998. The number of fused-ring (bicyclic) bond motifs is 2. The molecule has 0 aliphatic rings. The number of thiophene rings is 1. The van der Waals surface area contributed by atoms with Gasteiger partial charge in [-0.3, -0.25) is 0 Å². The zero-order valence-electron chi connectivity index (χ0n) is 13.6. The number of benzene rings is 2. The highest BCUT2D eigenvalue weighted by Gasteiger charge is 2.18. The van der Waals surface area contributed by atoms with E-state index < -0.39 is 0 Å². The lowest BCUT2D eigenvalue weighted by molar-refractivity contribution is 0.596. The number of hydrogen-bond acceptors (Lipinski definition) is 2. The van der Waals surface area contributed by atoms with Crippen LogP contribution in [0.5, 0.6) is 0 Å².